The number of halogens is 3. The normalized spacial score (nSPS) is 11.0. The molecule has 0 unspecified atom stereocenters. The van der Waals surface area contributed by atoms with Crippen LogP contribution >= 0.6 is 23.2 Å². The molecule has 0 radical (unpaired) electrons. The Morgan fingerprint density at radius 1 is 1.10 bits per heavy atom. The van der Waals surface area contributed by atoms with E-state index in [1.54, 1.807) is 0 Å². The van der Waals surface area contributed by atoms with Gasteiger partial charge in [-0.1, -0.05) is 23.2 Å². The number of nitriles is 1. The van der Waals surface area contributed by atoms with Crippen LogP contribution in [0.5, 0.6) is 0 Å². The predicted molar refractivity (Wildman–Crippen MR) is 78.4 cm³/mol. The third-order valence-corrected chi connectivity index (χ3v) is 4.68. The Bertz CT molecular complexity index is 848. The highest BCUT2D eigenvalue weighted by Crippen LogP contribution is 2.26. The van der Waals surface area contributed by atoms with E-state index in [4.69, 9.17) is 28.5 Å². The van der Waals surface area contributed by atoms with Crippen molar-refractivity contribution in [3.8, 4) is 6.07 Å². The van der Waals surface area contributed by atoms with Gasteiger partial charge in [0.1, 0.15) is 10.7 Å². The predicted octanol–water partition coefficient (Wildman–Crippen LogP) is 3.80. The molecule has 0 saturated carbocycles. The lowest BCUT2D eigenvalue weighted by atomic mass is 10.2. The zero-order valence-corrected chi connectivity index (χ0v) is 12.6. The van der Waals surface area contributed by atoms with E-state index in [-0.39, 0.29) is 26.2 Å². The molecule has 0 aliphatic heterocycles. The number of rotatable bonds is 3. The highest BCUT2D eigenvalue weighted by atomic mass is 35.5. The van der Waals surface area contributed by atoms with E-state index >= 15 is 0 Å². The molecule has 0 aromatic heterocycles. The first-order valence-corrected chi connectivity index (χ1v) is 7.75. The second kappa shape index (κ2) is 5.90. The van der Waals surface area contributed by atoms with Crippen molar-refractivity contribution in [3.63, 3.8) is 0 Å². The quantitative estimate of drug-likeness (QED) is 0.920. The summed E-state index contributed by atoms with van der Waals surface area (Å²) in [6, 6.07) is 9.06. The molecule has 2 aromatic carbocycles. The summed E-state index contributed by atoms with van der Waals surface area (Å²) < 4.78 is 39.7. The molecule has 0 heterocycles. The molecule has 108 valence electrons. The van der Waals surface area contributed by atoms with Crippen LogP contribution in [0.1, 0.15) is 5.56 Å². The summed E-state index contributed by atoms with van der Waals surface area (Å²) in [7, 11) is -3.97. The van der Waals surface area contributed by atoms with Crippen LogP contribution in [0.25, 0.3) is 0 Å². The van der Waals surface area contributed by atoms with Gasteiger partial charge in [0.05, 0.1) is 27.4 Å². The number of benzene rings is 2. The molecule has 0 aliphatic rings. The van der Waals surface area contributed by atoms with E-state index in [1.165, 1.54) is 24.3 Å². The molecule has 0 spiro atoms. The van der Waals surface area contributed by atoms with Gasteiger partial charge in [0.15, 0.2) is 0 Å². The van der Waals surface area contributed by atoms with Gasteiger partial charge >= 0.3 is 0 Å². The fourth-order valence-corrected chi connectivity index (χ4v) is 3.33. The molecule has 0 amide bonds. The third kappa shape index (κ3) is 3.45. The highest BCUT2D eigenvalue weighted by molar-refractivity contribution is 7.92. The minimum Gasteiger partial charge on any atom is -0.280 e. The molecular weight excluding hydrogens is 338 g/mol. The van der Waals surface area contributed by atoms with Crippen molar-refractivity contribution in [2.45, 2.75) is 4.90 Å². The number of anilines is 1. The molecule has 0 bridgehead atoms. The van der Waals surface area contributed by atoms with E-state index in [2.05, 4.69) is 4.72 Å². The monoisotopic (exact) mass is 344 g/mol. The minimum absolute atomic E-state index is 0.0882. The van der Waals surface area contributed by atoms with Crippen LogP contribution in [0.4, 0.5) is 10.1 Å². The summed E-state index contributed by atoms with van der Waals surface area (Å²) in [6.45, 7) is 0. The van der Waals surface area contributed by atoms with Crippen LogP contribution in [0, 0.1) is 17.1 Å². The molecule has 0 aliphatic carbocycles. The molecule has 0 atom stereocenters. The zero-order valence-electron chi connectivity index (χ0n) is 10.3. The van der Waals surface area contributed by atoms with Gasteiger partial charge in [-0.3, -0.25) is 4.72 Å². The number of sulfonamides is 1. The van der Waals surface area contributed by atoms with Crippen LogP contribution < -0.4 is 4.72 Å². The van der Waals surface area contributed by atoms with E-state index in [9.17, 15) is 12.8 Å². The summed E-state index contributed by atoms with van der Waals surface area (Å²) in [5.41, 5.74) is 0.339. The van der Waals surface area contributed by atoms with Crippen molar-refractivity contribution >= 4 is 38.9 Å². The van der Waals surface area contributed by atoms with Gasteiger partial charge in [0.2, 0.25) is 0 Å². The maximum absolute atomic E-state index is 13.0. The summed E-state index contributed by atoms with van der Waals surface area (Å²) in [4.78, 5) is -0.191. The van der Waals surface area contributed by atoms with Gasteiger partial charge in [-0.25, -0.2) is 12.8 Å². The number of nitrogens with one attached hydrogen (secondary N) is 1. The number of nitrogens with zero attached hydrogens (tertiary/aromatic N) is 1. The number of hydrogen-bond acceptors (Lipinski definition) is 3. The van der Waals surface area contributed by atoms with Crippen LogP contribution in [0.2, 0.25) is 10.0 Å². The lowest BCUT2D eigenvalue weighted by Crippen LogP contribution is -2.13. The van der Waals surface area contributed by atoms with E-state index in [0.29, 0.717) is 0 Å². The van der Waals surface area contributed by atoms with E-state index < -0.39 is 15.8 Å². The van der Waals surface area contributed by atoms with Crippen LogP contribution in [0.15, 0.2) is 41.3 Å². The molecular formula is C13H7Cl2FN2O2S. The molecule has 0 fully saturated rings. The van der Waals surface area contributed by atoms with Gasteiger partial charge < -0.3 is 0 Å². The first-order chi connectivity index (χ1) is 9.83. The maximum atomic E-state index is 13.0. The Kier molecular flexibility index (Phi) is 4.37. The number of hydrogen-bond donors (Lipinski definition) is 1. The first-order valence-electron chi connectivity index (χ1n) is 5.51. The van der Waals surface area contributed by atoms with Crippen LogP contribution in [-0.4, -0.2) is 8.42 Å². The molecule has 4 nitrogen and oxygen atoms in total. The van der Waals surface area contributed by atoms with Gasteiger partial charge in [0, 0.05) is 0 Å². The Labute approximate surface area is 130 Å². The van der Waals surface area contributed by atoms with E-state index in [0.717, 1.165) is 12.1 Å². The second-order valence-electron chi connectivity index (χ2n) is 3.99. The summed E-state index contributed by atoms with van der Waals surface area (Å²) in [5.74, 6) is -0.656. The first kappa shape index (κ1) is 15.6. The SMILES string of the molecule is N#Cc1ccc(S(=O)(=O)Nc2ccc(F)c(Cl)c2)c(Cl)c1. The van der Waals surface area contributed by atoms with Gasteiger partial charge in [-0.05, 0) is 36.4 Å². The summed E-state index contributed by atoms with van der Waals surface area (Å²) in [6.07, 6.45) is 0. The Hall–Kier alpha value is -1.81. The van der Waals surface area contributed by atoms with Crippen LogP contribution in [-0.2, 0) is 10.0 Å². The van der Waals surface area contributed by atoms with E-state index in [1.807, 2.05) is 6.07 Å². The van der Waals surface area contributed by atoms with Crippen molar-refractivity contribution in [3.05, 3.63) is 57.8 Å². The molecule has 0 saturated heterocycles. The topological polar surface area (TPSA) is 70.0 Å². The lowest BCUT2D eigenvalue weighted by Gasteiger charge is -2.10. The second-order valence-corrected chi connectivity index (χ2v) is 6.46. The molecule has 2 aromatic rings. The fourth-order valence-electron chi connectivity index (χ4n) is 1.56. The average Bonchev–Trinajstić information content (AvgIpc) is 2.42. The van der Waals surface area contributed by atoms with Gasteiger partial charge in [-0.2, -0.15) is 5.26 Å². The van der Waals surface area contributed by atoms with Crippen molar-refractivity contribution in [1.29, 1.82) is 5.26 Å². The third-order valence-electron chi connectivity index (χ3n) is 2.52. The molecule has 21 heavy (non-hydrogen) atoms. The van der Waals surface area contributed by atoms with Gasteiger partial charge in [0.25, 0.3) is 10.0 Å². The lowest BCUT2D eigenvalue weighted by molar-refractivity contribution is 0.601. The Balaban J connectivity index is 2.38. The van der Waals surface area contributed by atoms with Gasteiger partial charge in [-0.15, -0.1) is 0 Å². The maximum Gasteiger partial charge on any atom is 0.263 e. The standard InChI is InChI=1S/C13H7Cl2FN2O2S/c14-10-6-9(2-3-12(10)16)18-21(19,20)13-4-1-8(7-17)5-11(13)15/h1-6,18H. The molecule has 2 rings (SSSR count). The van der Waals surface area contributed by atoms with Crippen molar-refractivity contribution in [1.82, 2.24) is 0 Å². The highest BCUT2D eigenvalue weighted by Gasteiger charge is 2.18. The Morgan fingerprint density at radius 3 is 2.38 bits per heavy atom. The molecule has 8 heteroatoms. The largest absolute Gasteiger partial charge is 0.280 e. The van der Waals surface area contributed by atoms with Crippen LogP contribution in [0.3, 0.4) is 0 Å². The summed E-state index contributed by atoms with van der Waals surface area (Å²) >= 11 is 11.4. The zero-order chi connectivity index (χ0) is 15.6. The fraction of sp³-hybridized carbons (Fsp3) is 0. The van der Waals surface area contributed by atoms with Crippen molar-refractivity contribution < 1.29 is 12.8 Å². The molecule has 1 N–H and O–H groups in total. The van der Waals surface area contributed by atoms with Crippen molar-refractivity contribution in [2.75, 3.05) is 4.72 Å². The summed E-state index contributed by atoms with van der Waals surface area (Å²) in [5, 5.41) is 8.43. The van der Waals surface area contributed by atoms with Crippen molar-refractivity contribution in [2.24, 2.45) is 0 Å². The average molecular weight is 345 g/mol. The Morgan fingerprint density at radius 2 is 1.81 bits per heavy atom. The minimum atomic E-state index is -3.97. The smallest absolute Gasteiger partial charge is 0.263 e.